The van der Waals surface area contributed by atoms with Crippen LogP contribution in [0.2, 0.25) is 5.02 Å². The summed E-state index contributed by atoms with van der Waals surface area (Å²) in [6.45, 7) is 1.87. The molecule has 1 aromatic carbocycles. The van der Waals surface area contributed by atoms with Crippen molar-refractivity contribution in [3.63, 3.8) is 0 Å². The van der Waals surface area contributed by atoms with Gasteiger partial charge in [-0.05, 0) is 36.2 Å². The van der Waals surface area contributed by atoms with Crippen molar-refractivity contribution in [3.8, 4) is 0 Å². The van der Waals surface area contributed by atoms with Crippen molar-refractivity contribution in [1.29, 1.82) is 0 Å². The van der Waals surface area contributed by atoms with Gasteiger partial charge in [-0.3, -0.25) is 0 Å². The Morgan fingerprint density at radius 3 is 2.57 bits per heavy atom. The minimum atomic E-state index is -4.71. The van der Waals surface area contributed by atoms with Crippen molar-refractivity contribution in [2.45, 2.75) is 19.6 Å². The van der Waals surface area contributed by atoms with E-state index in [-0.39, 0.29) is 6.54 Å². The Bertz CT molecular complexity index is 656. The van der Waals surface area contributed by atoms with Gasteiger partial charge in [0.2, 0.25) is 0 Å². The molecular weight excluding hydrogens is 308 g/mol. The van der Waals surface area contributed by atoms with Crippen molar-refractivity contribution >= 4 is 17.4 Å². The summed E-state index contributed by atoms with van der Waals surface area (Å²) in [7, 11) is 0. The average Bonchev–Trinajstić information content (AvgIpc) is 2.38. The summed E-state index contributed by atoms with van der Waals surface area (Å²) >= 11 is 5.77. The molecule has 7 heteroatoms. The third-order valence-electron chi connectivity index (χ3n) is 2.84. The summed E-state index contributed by atoms with van der Waals surface area (Å²) in [5, 5.41) is 3.37. The smallest absolute Gasteiger partial charge is 0.366 e. The molecule has 0 bridgehead atoms. The van der Waals surface area contributed by atoms with E-state index >= 15 is 0 Å². The second kappa shape index (κ2) is 5.89. The molecule has 0 spiro atoms. The van der Waals surface area contributed by atoms with E-state index in [1.54, 1.807) is 13.0 Å². The number of anilines is 1. The molecule has 1 heterocycles. The molecule has 1 aromatic heterocycles. The van der Waals surface area contributed by atoms with Gasteiger partial charge in [-0.25, -0.2) is 9.37 Å². The molecule has 0 aliphatic rings. The van der Waals surface area contributed by atoms with E-state index in [0.29, 0.717) is 16.4 Å². The number of hydrogen-bond donors (Lipinski definition) is 1. The first-order valence-electron chi connectivity index (χ1n) is 5.99. The Hall–Kier alpha value is -1.82. The van der Waals surface area contributed by atoms with Crippen LogP contribution in [-0.4, -0.2) is 4.98 Å². The van der Waals surface area contributed by atoms with Crippen molar-refractivity contribution < 1.29 is 17.6 Å². The fourth-order valence-electron chi connectivity index (χ4n) is 1.81. The summed E-state index contributed by atoms with van der Waals surface area (Å²) in [5.74, 6) is -0.774. The van der Waals surface area contributed by atoms with E-state index < -0.39 is 17.6 Å². The Morgan fingerprint density at radius 2 is 1.95 bits per heavy atom. The molecule has 0 saturated heterocycles. The SMILES string of the molecule is Cc1cc(Cl)cnc1NCc1ccc(F)c(C(F)(F)F)c1. The van der Waals surface area contributed by atoms with Gasteiger partial charge in [0.15, 0.2) is 0 Å². The maximum absolute atomic E-state index is 13.2. The molecule has 0 aliphatic heterocycles. The molecule has 2 rings (SSSR count). The van der Waals surface area contributed by atoms with Crippen LogP contribution in [0.4, 0.5) is 23.4 Å². The molecule has 2 nitrogen and oxygen atoms in total. The molecule has 0 aliphatic carbocycles. The molecule has 0 atom stereocenters. The maximum atomic E-state index is 13.2. The van der Waals surface area contributed by atoms with Gasteiger partial charge in [0.1, 0.15) is 11.6 Å². The molecular formula is C14H11ClF4N2. The summed E-state index contributed by atoms with van der Waals surface area (Å²) < 4.78 is 51.0. The topological polar surface area (TPSA) is 24.9 Å². The van der Waals surface area contributed by atoms with E-state index in [0.717, 1.165) is 17.7 Å². The molecule has 1 N–H and O–H groups in total. The van der Waals surface area contributed by atoms with E-state index in [9.17, 15) is 17.6 Å². The van der Waals surface area contributed by atoms with Crippen LogP contribution >= 0.6 is 11.6 Å². The van der Waals surface area contributed by atoms with Crippen molar-refractivity contribution in [2.75, 3.05) is 5.32 Å². The van der Waals surface area contributed by atoms with Crippen LogP contribution in [0, 0.1) is 12.7 Å². The largest absolute Gasteiger partial charge is 0.419 e. The molecule has 0 fully saturated rings. The van der Waals surface area contributed by atoms with Gasteiger partial charge in [-0.15, -0.1) is 0 Å². The van der Waals surface area contributed by atoms with Crippen LogP contribution < -0.4 is 5.32 Å². The van der Waals surface area contributed by atoms with Gasteiger partial charge in [0.25, 0.3) is 0 Å². The first-order chi connectivity index (χ1) is 9.77. The normalized spacial score (nSPS) is 11.5. The lowest BCUT2D eigenvalue weighted by Gasteiger charge is -2.12. The van der Waals surface area contributed by atoms with E-state index in [4.69, 9.17) is 11.6 Å². The zero-order valence-corrected chi connectivity index (χ0v) is 11.7. The highest BCUT2D eigenvalue weighted by atomic mass is 35.5. The van der Waals surface area contributed by atoms with Gasteiger partial charge in [-0.2, -0.15) is 13.2 Å². The third kappa shape index (κ3) is 3.85. The van der Waals surface area contributed by atoms with Crippen LogP contribution in [0.5, 0.6) is 0 Å². The van der Waals surface area contributed by atoms with Gasteiger partial charge in [0.05, 0.1) is 10.6 Å². The quantitative estimate of drug-likeness (QED) is 0.821. The van der Waals surface area contributed by atoms with E-state index in [1.165, 1.54) is 12.3 Å². The molecule has 0 unspecified atom stereocenters. The van der Waals surface area contributed by atoms with E-state index in [1.807, 2.05) is 0 Å². The lowest BCUT2D eigenvalue weighted by molar-refractivity contribution is -0.140. The predicted octanol–water partition coefficient (Wildman–Crippen LogP) is 4.81. The summed E-state index contributed by atoms with van der Waals surface area (Å²) in [4.78, 5) is 4.04. The Kier molecular flexibility index (Phi) is 4.37. The number of aryl methyl sites for hydroxylation is 1. The number of halogens is 5. The number of rotatable bonds is 3. The highest BCUT2D eigenvalue weighted by Crippen LogP contribution is 2.32. The number of aromatic nitrogens is 1. The molecule has 0 radical (unpaired) electrons. The zero-order chi connectivity index (χ0) is 15.6. The first kappa shape index (κ1) is 15.6. The highest BCUT2D eigenvalue weighted by molar-refractivity contribution is 6.30. The second-order valence-corrected chi connectivity index (χ2v) is 4.92. The number of nitrogens with zero attached hydrogens (tertiary/aromatic N) is 1. The number of hydrogen-bond acceptors (Lipinski definition) is 2. The minimum absolute atomic E-state index is 0.0961. The van der Waals surface area contributed by atoms with Crippen LogP contribution in [0.3, 0.4) is 0 Å². The lowest BCUT2D eigenvalue weighted by Crippen LogP contribution is -2.10. The summed E-state index contributed by atoms with van der Waals surface area (Å²) in [5.41, 5.74) is -0.205. The van der Waals surface area contributed by atoms with Crippen molar-refractivity contribution in [3.05, 3.63) is 58.0 Å². The van der Waals surface area contributed by atoms with Gasteiger partial charge < -0.3 is 5.32 Å². The van der Waals surface area contributed by atoms with Crippen LogP contribution in [-0.2, 0) is 12.7 Å². The molecule has 0 saturated carbocycles. The molecule has 112 valence electrons. The van der Waals surface area contributed by atoms with Crippen LogP contribution in [0.1, 0.15) is 16.7 Å². The fourth-order valence-corrected chi connectivity index (χ4v) is 2.02. The predicted molar refractivity (Wildman–Crippen MR) is 72.7 cm³/mol. The van der Waals surface area contributed by atoms with Crippen LogP contribution in [0.25, 0.3) is 0 Å². The maximum Gasteiger partial charge on any atom is 0.419 e. The monoisotopic (exact) mass is 318 g/mol. The highest BCUT2D eigenvalue weighted by Gasteiger charge is 2.34. The second-order valence-electron chi connectivity index (χ2n) is 4.48. The van der Waals surface area contributed by atoms with Crippen molar-refractivity contribution in [1.82, 2.24) is 4.98 Å². The third-order valence-corrected chi connectivity index (χ3v) is 3.05. The number of alkyl halides is 3. The zero-order valence-electron chi connectivity index (χ0n) is 10.9. The van der Waals surface area contributed by atoms with Crippen molar-refractivity contribution in [2.24, 2.45) is 0 Å². The van der Waals surface area contributed by atoms with Crippen LogP contribution in [0.15, 0.2) is 30.5 Å². The summed E-state index contributed by atoms with van der Waals surface area (Å²) in [6.07, 6.45) is -3.28. The Morgan fingerprint density at radius 1 is 1.24 bits per heavy atom. The van der Waals surface area contributed by atoms with Gasteiger partial charge in [0, 0.05) is 12.7 Å². The number of pyridine rings is 1. The standard InChI is InChI=1S/C14H11ClF4N2/c1-8-4-10(15)7-21-13(8)20-6-9-2-3-12(16)11(5-9)14(17,18)19/h2-5,7H,6H2,1H3,(H,20,21). The number of benzene rings is 1. The van der Waals surface area contributed by atoms with Gasteiger partial charge >= 0.3 is 6.18 Å². The first-order valence-corrected chi connectivity index (χ1v) is 6.37. The average molecular weight is 319 g/mol. The van der Waals surface area contributed by atoms with E-state index in [2.05, 4.69) is 10.3 Å². The molecule has 2 aromatic rings. The molecule has 21 heavy (non-hydrogen) atoms. The Balaban J connectivity index is 2.17. The molecule has 0 amide bonds. The van der Waals surface area contributed by atoms with Gasteiger partial charge in [-0.1, -0.05) is 17.7 Å². The number of nitrogens with one attached hydrogen (secondary N) is 1. The minimum Gasteiger partial charge on any atom is -0.366 e. The Labute approximate surface area is 123 Å². The lowest BCUT2D eigenvalue weighted by atomic mass is 10.1. The fraction of sp³-hybridized carbons (Fsp3) is 0.214. The summed E-state index contributed by atoms with van der Waals surface area (Å²) in [6, 6.07) is 4.57.